The summed E-state index contributed by atoms with van der Waals surface area (Å²) in [7, 11) is 1.48. The summed E-state index contributed by atoms with van der Waals surface area (Å²) >= 11 is 0. The molecule has 3 rings (SSSR count). The van der Waals surface area contributed by atoms with Crippen molar-refractivity contribution in [2.75, 3.05) is 17.3 Å². The lowest BCUT2D eigenvalue weighted by Gasteiger charge is -2.19. The topological polar surface area (TPSA) is 67.9 Å². The lowest BCUT2D eigenvalue weighted by molar-refractivity contribution is -0.0505. The molecule has 3 aromatic carbocycles. The van der Waals surface area contributed by atoms with E-state index in [9.17, 15) is 27.2 Å². The van der Waals surface area contributed by atoms with Crippen LogP contribution in [-0.2, 0) is 0 Å². The highest BCUT2D eigenvalue weighted by Crippen LogP contribution is 2.23. The second-order valence-electron chi connectivity index (χ2n) is 6.68. The lowest BCUT2D eigenvalue weighted by atomic mass is 10.1. The SMILES string of the molecule is CN(C(=O)c1cccc(OC(F)F)c1)c1cccc(NC(=O)c2cccc(OC(F)F)c2)c1. The third kappa shape index (κ3) is 6.45. The highest BCUT2D eigenvalue weighted by atomic mass is 19.3. The first-order valence-corrected chi connectivity index (χ1v) is 9.52. The Hall–Kier alpha value is -4.08. The molecule has 0 spiro atoms. The Kier molecular flexibility index (Phi) is 7.50. The van der Waals surface area contributed by atoms with Crippen molar-refractivity contribution in [1.29, 1.82) is 0 Å². The summed E-state index contributed by atoms with van der Waals surface area (Å²) in [6, 6.07) is 17.0. The van der Waals surface area contributed by atoms with Gasteiger partial charge in [0.2, 0.25) is 0 Å². The van der Waals surface area contributed by atoms with Crippen LogP contribution in [0.3, 0.4) is 0 Å². The second kappa shape index (κ2) is 10.5. The van der Waals surface area contributed by atoms with Crippen LogP contribution < -0.4 is 19.7 Å². The van der Waals surface area contributed by atoms with E-state index < -0.39 is 25.0 Å². The van der Waals surface area contributed by atoms with Gasteiger partial charge in [-0.1, -0.05) is 18.2 Å². The molecule has 0 saturated carbocycles. The molecule has 33 heavy (non-hydrogen) atoms. The Balaban J connectivity index is 1.74. The monoisotopic (exact) mass is 462 g/mol. The average Bonchev–Trinajstić information content (AvgIpc) is 2.77. The van der Waals surface area contributed by atoms with E-state index in [-0.39, 0.29) is 22.6 Å². The minimum absolute atomic E-state index is 0.0961. The van der Waals surface area contributed by atoms with E-state index in [2.05, 4.69) is 14.8 Å². The smallest absolute Gasteiger partial charge is 0.387 e. The van der Waals surface area contributed by atoms with Crippen LogP contribution in [0.25, 0.3) is 0 Å². The first kappa shape index (κ1) is 23.6. The quantitative estimate of drug-likeness (QED) is 0.454. The number of hydrogen-bond acceptors (Lipinski definition) is 4. The van der Waals surface area contributed by atoms with Gasteiger partial charge in [0.15, 0.2) is 0 Å². The Bertz CT molecular complexity index is 1140. The number of hydrogen-bond donors (Lipinski definition) is 1. The molecule has 6 nitrogen and oxygen atoms in total. The van der Waals surface area contributed by atoms with Crippen molar-refractivity contribution in [3.05, 3.63) is 83.9 Å². The molecular formula is C23H18F4N2O4. The molecule has 0 fully saturated rings. The fourth-order valence-corrected chi connectivity index (χ4v) is 2.93. The number of halogens is 4. The van der Waals surface area contributed by atoms with Gasteiger partial charge in [0.25, 0.3) is 11.8 Å². The minimum atomic E-state index is -3.02. The zero-order valence-corrected chi connectivity index (χ0v) is 17.2. The van der Waals surface area contributed by atoms with Crippen molar-refractivity contribution >= 4 is 23.2 Å². The molecule has 172 valence electrons. The van der Waals surface area contributed by atoms with E-state index >= 15 is 0 Å². The van der Waals surface area contributed by atoms with Crippen molar-refractivity contribution in [1.82, 2.24) is 0 Å². The van der Waals surface area contributed by atoms with Crippen LogP contribution >= 0.6 is 0 Å². The first-order chi connectivity index (χ1) is 15.7. The van der Waals surface area contributed by atoms with E-state index in [0.29, 0.717) is 11.4 Å². The highest BCUT2D eigenvalue weighted by molar-refractivity contribution is 6.07. The van der Waals surface area contributed by atoms with Gasteiger partial charge in [0, 0.05) is 29.5 Å². The van der Waals surface area contributed by atoms with Crippen LogP contribution in [0.5, 0.6) is 11.5 Å². The van der Waals surface area contributed by atoms with Gasteiger partial charge < -0.3 is 19.7 Å². The summed E-state index contributed by atoms with van der Waals surface area (Å²) in [6.07, 6.45) is 0. The molecule has 10 heteroatoms. The lowest BCUT2D eigenvalue weighted by Crippen LogP contribution is -2.26. The van der Waals surface area contributed by atoms with Gasteiger partial charge >= 0.3 is 13.2 Å². The van der Waals surface area contributed by atoms with Gasteiger partial charge in [-0.25, -0.2) is 0 Å². The van der Waals surface area contributed by atoms with Crippen LogP contribution in [-0.4, -0.2) is 32.1 Å². The number of nitrogens with zero attached hydrogens (tertiary/aromatic N) is 1. The fourth-order valence-electron chi connectivity index (χ4n) is 2.93. The van der Waals surface area contributed by atoms with Crippen molar-refractivity contribution in [2.24, 2.45) is 0 Å². The van der Waals surface area contributed by atoms with Gasteiger partial charge in [-0.15, -0.1) is 0 Å². The van der Waals surface area contributed by atoms with Crippen LogP contribution in [0.15, 0.2) is 72.8 Å². The standard InChI is InChI=1S/C23H18F4N2O4/c1-29(21(31)15-6-3-10-19(12-15)33-23(26)27)17-8-4-7-16(13-17)28-20(30)14-5-2-9-18(11-14)32-22(24)25/h2-13,22-23H,1H3,(H,28,30). The maximum Gasteiger partial charge on any atom is 0.387 e. The summed E-state index contributed by atoms with van der Waals surface area (Å²) in [4.78, 5) is 26.6. The molecule has 0 saturated heterocycles. The molecular weight excluding hydrogens is 444 g/mol. The van der Waals surface area contributed by atoms with E-state index in [1.54, 1.807) is 18.2 Å². The average molecular weight is 462 g/mol. The molecule has 2 amide bonds. The predicted octanol–water partition coefficient (Wildman–Crippen LogP) is 5.42. The minimum Gasteiger partial charge on any atom is -0.435 e. The maximum absolute atomic E-state index is 12.8. The molecule has 1 N–H and O–H groups in total. The van der Waals surface area contributed by atoms with Gasteiger partial charge in [-0.3, -0.25) is 9.59 Å². The Morgan fingerprint density at radius 3 is 1.94 bits per heavy atom. The van der Waals surface area contributed by atoms with E-state index in [0.717, 1.165) is 0 Å². The zero-order valence-electron chi connectivity index (χ0n) is 17.2. The number of anilines is 2. The molecule has 0 radical (unpaired) electrons. The summed E-state index contributed by atoms with van der Waals surface area (Å²) in [6.45, 7) is -6.04. The molecule has 0 aliphatic carbocycles. The molecule has 0 heterocycles. The number of carbonyl (C=O) groups is 2. The van der Waals surface area contributed by atoms with Gasteiger partial charge in [0.05, 0.1) is 0 Å². The van der Waals surface area contributed by atoms with Crippen molar-refractivity contribution in [3.63, 3.8) is 0 Å². The van der Waals surface area contributed by atoms with E-state index in [1.807, 2.05) is 0 Å². The van der Waals surface area contributed by atoms with Crippen molar-refractivity contribution in [3.8, 4) is 11.5 Å². The number of ether oxygens (including phenoxy) is 2. The molecule has 3 aromatic rings. The normalized spacial score (nSPS) is 10.8. The fraction of sp³-hybridized carbons (Fsp3) is 0.130. The van der Waals surface area contributed by atoms with Gasteiger partial charge in [-0.2, -0.15) is 17.6 Å². The molecule has 0 aliphatic rings. The number of nitrogens with one attached hydrogen (secondary N) is 1. The van der Waals surface area contributed by atoms with E-state index in [1.165, 1.54) is 66.5 Å². The number of carbonyl (C=O) groups excluding carboxylic acids is 2. The van der Waals surface area contributed by atoms with Crippen LogP contribution in [0.4, 0.5) is 28.9 Å². The Morgan fingerprint density at radius 2 is 1.33 bits per heavy atom. The third-order valence-corrected chi connectivity index (χ3v) is 4.42. The van der Waals surface area contributed by atoms with Gasteiger partial charge in [-0.05, 0) is 54.6 Å². The number of amides is 2. The Labute approximate surface area is 186 Å². The number of rotatable bonds is 8. The van der Waals surface area contributed by atoms with Crippen molar-refractivity contribution < 1.29 is 36.6 Å². The number of benzene rings is 3. The van der Waals surface area contributed by atoms with Crippen LogP contribution in [0.2, 0.25) is 0 Å². The first-order valence-electron chi connectivity index (χ1n) is 9.52. The van der Waals surface area contributed by atoms with E-state index in [4.69, 9.17) is 0 Å². The molecule has 0 atom stereocenters. The summed E-state index contributed by atoms with van der Waals surface area (Å²) < 4.78 is 58.3. The van der Waals surface area contributed by atoms with Crippen molar-refractivity contribution in [2.45, 2.75) is 13.2 Å². The molecule has 0 bridgehead atoms. The number of alkyl halides is 4. The third-order valence-electron chi connectivity index (χ3n) is 4.42. The summed E-state index contributed by atoms with van der Waals surface area (Å²) in [5, 5.41) is 2.62. The maximum atomic E-state index is 12.8. The molecule has 0 unspecified atom stereocenters. The van der Waals surface area contributed by atoms with Crippen LogP contribution in [0, 0.1) is 0 Å². The van der Waals surface area contributed by atoms with Crippen LogP contribution in [0.1, 0.15) is 20.7 Å². The summed E-state index contributed by atoms with van der Waals surface area (Å²) in [5.74, 6) is -1.37. The molecule has 0 aromatic heterocycles. The predicted molar refractivity (Wildman–Crippen MR) is 113 cm³/mol. The molecule has 0 aliphatic heterocycles. The summed E-state index contributed by atoms with van der Waals surface area (Å²) in [5.41, 5.74) is 0.972. The largest absolute Gasteiger partial charge is 0.435 e. The Morgan fingerprint density at radius 1 is 0.788 bits per heavy atom. The van der Waals surface area contributed by atoms with Gasteiger partial charge in [0.1, 0.15) is 11.5 Å². The highest BCUT2D eigenvalue weighted by Gasteiger charge is 2.16. The second-order valence-corrected chi connectivity index (χ2v) is 6.68. The zero-order chi connectivity index (χ0) is 24.0.